The molecule has 1 fully saturated rings. The van der Waals surface area contributed by atoms with Gasteiger partial charge in [0, 0.05) is 18.1 Å². The fourth-order valence-corrected chi connectivity index (χ4v) is 4.38. The second-order valence-electron chi connectivity index (χ2n) is 6.32. The smallest absolute Gasteiger partial charge is 0.321 e. The molecule has 10 heteroatoms. The Morgan fingerprint density at radius 1 is 1.19 bits per heavy atom. The van der Waals surface area contributed by atoms with Crippen LogP contribution in [-0.2, 0) is 16.6 Å². The van der Waals surface area contributed by atoms with Gasteiger partial charge in [-0.2, -0.15) is 15.0 Å². The van der Waals surface area contributed by atoms with Gasteiger partial charge in [-0.15, -0.1) is 0 Å². The number of sulfonamides is 1. The summed E-state index contributed by atoms with van der Waals surface area (Å²) in [5.74, 6) is 0.806. The molecule has 0 radical (unpaired) electrons. The van der Waals surface area contributed by atoms with Crippen molar-refractivity contribution in [2.24, 2.45) is 0 Å². The van der Waals surface area contributed by atoms with Crippen LogP contribution in [0, 0.1) is 6.92 Å². The van der Waals surface area contributed by atoms with Crippen molar-refractivity contribution in [3.8, 4) is 6.01 Å². The monoisotopic (exact) mass is 411 g/mol. The third-order valence-electron chi connectivity index (χ3n) is 4.33. The van der Waals surface area contributed by atoms with Crippen LogP contribution < -0.4 is 14.4 Å². The van der Waals surface area contributed by atoms with Gasteiger partial charge in [-0.3, -0.25) is 0 Å². The Labute approximate surface area is 164 Å². The van der Waals surface area contributed by atoms with Gasteiger partial charge in [0.25, 0.3) is 0 Å². The first kappa shape index (κ1) is 19.8. The summed E-state index contributed by atoms with van der Waals surface area (Å²) in [4.78, 5) is 15.1. The van der Waals surface area contributed by atoms with Crippen LogP contribution in [0.4, 0.5) is 5.95 Å². The predicted octanol–water partition coefficient (Wildman–Crippen LogP) is 2.31. The van der Waals surface area contributed by atoms with Crippen LogP contribution in [0.1, 0.15) is 30.7 Å². The van der Waals surface area contributed by atoms with E-state index in [-0.39, 0.29) is 17.5 Å². The number of hydrogen-bond acceptors (Lipinski definition) is 7. The fourth-order valence-electron chi connectivity index (χ4n) is 2.89. The maximum absolute atomic E-state index is 12.6. The van der Waals surface area contributed by atoms with Crippen molar-refractivity contribution in [2.45, 2.75) is 37.6 Å². The molecule has 0 saturated carbocycles. The van der Waals surface area contributed by atoms with Crippen molar-refractivity contribution in [3.63, 3.8) is 0 Å². The van der Waals surface area contributed by atoms with Gasteiger partial charge in [-0.1, -0.05) is 17.7 Å². The number of aryl methyl sites for hydroxylation is 1. The molecule has 1 aliphatic rings. The number of halogens is 1. The number of anilines is 1. The van der Waals surface area contributed by atoms with E-state index in [1.807, 2.05) is 0 Å². The quantitative estimate of drug-likeness (QED) is 0.778. The summed E-state index contributed by atoms with van der Waals surface area (Å²) >= 11 is 5.94. The van der Waals surface area contributed by atoms with Gasteiger partial charge in [-0.25, -0.2) is 13.1 Å². The lowest BCUT2D eigenvalue weighted by molar-refractivity contribution is 0.374. The molecule has 146 valence electrons. The molecule has 0 amide bonds. The number of hydrogen-bond donors (Lipinski definition) is 1. The van der Waals surface area contributed by atoms with Gasteiger partial charge in [0.1, 0.15) is 0 Å². The Kier molecular flexibility index (Phi) is 6.13. The van der Waals surface area contributed by atoms with E-state index >= 15 is 0 Å². The van der Waals surface area contributed by atoms with Gasteiger partial charge in [0.2, 0.25) is 16.0 Å². The van der Waals surface area contributed by atoms with Crippen LogP contribution in [0.2, 0.25) is 5.02 Å². The number of ether oxygens (including phenoxy) is 1. The summed E-state index contributed by atoms with van der Waals surface area (Å²) in [5.41, 5.74) is 0.606. The normalized spacial score (nSPS) is 15.0. The first-order valence-corrected chi connectivity index (χ1v) is 10.5. The molecule has 1 saturated heterocycles. The van der Waals surface area contributed by atoms with Gasteiger partial charge in [-0.05, 0) is 43.9 Å². The molecular weight excluding hydrogens is 390 g/mol. The number of nitrogens with zero attached hydrogens (tertiary/aromatic N) is 4. The molecule has 27 heavy (non-hydrogen) atoms. The SMILES string of the molecule is COc1nc(CNS(=O)(=O)c2cc(Cl)ccc2C)nc(N2CCCCC2)n1. The third-order valence-corrected chi connectivity index (χ3v) is 6.11. The van der Waals surface area contributed by atoms with Gasteiger partial charge in [0.15, 0.2) is 5.82 Å². The van der Waals surface area contributed by atoms with Crippen LogP contribution in [-0.4, -0.2) is 43.6 Å². The van der Waals surface area contributed by atoms with Crippen molar-refractivity contribution >= 4 is 27.6 Å². The number of piperidine rings is 1. The first-order valence-electron chi connectivity index (χ1n) is 8.69. The topological polar surface area (TPSA) is 97.3 Å². The molecule has 0 spiro atoms. The zero-order valence-corrected chi connectivity index (χ0v) is 16.8. The number of rotatable bonds is 6. The number of aromatic nitrogens is 3. The van der Waals surface area contributed by atoms with E-state index in [0.717, 1.165) is 25.9 Å². The zero-order chi connectivity index (χ0) is 19.4. The lowest BCUT2D eigenvalue weighted by atomic mass is 10.1. The highest BCUT2D eigenvalue weighted by Gasteiger charge is 2.20. The van der Waals surface area contributed by atoms with Crippen LogP contribution in [0.15, 0.2) is 23.1 Å². The minimum absolute atomic E-state index is 0.0754. The second-order valence-corrected chi connectivity index (χ2v) is 8.49. The van der Waals surface area contributed by atoms with Crippen molar-refractivity contribution in [2.75, 3.05) is 25.1 Å². The second kappa shape index (κ2) is 8.37. The molecule has 0 bridgehead atoms. The van der Waals surface area contributed by atoms with Crippen LogP contribution in [0.3, 0.4) is 0 Å². The fraction of sp³-hybridized carbons (Fsp3) is 0.471. The summed E-state index contributed by atoms with van der Waals surface area (Å²) in [6, 6.07) is 4.90. The average Bonchev–Trinajstić information content (AvgIpc) is 2.68. The number of methoxy groups -OCH3 is 1. The Morgan fingerprint density at radius 2 is 1.93 bits per heavy atom. The minimum Gasteiger partial charge on any atom is -0.467 e. The zero-order valence-electron chi connectivity index (χ0n) is 15.3. The first-order chi connectivity index (χ1) is 12.9. The Morgan fingerprint density at radius 3 is 2.63 bits per heavy atom. The Balaban J connectivity index is 1.81. The van der Waals surface area contributed by atoms with E-state index in [1.165, 1.54) is 19.6 Å². The molecule has 3 rings (SSSR count). The summed E-state index contributed by atoms with van der Waals surface area (Å²) in [7, 11) is -2.29. The van der Waals surface area contributed by atoms with Crippen LogP contribution in [0.5, 0.6) is 6.01 Å². The van der Waals surface area contributed by atoms with Crippen molar-refractivity contribution in [1.82, 2.24) is 19.7 Å². The molecule has 2 aromatic rings. The van der Waals surface area contributed by atoms with E-state index in [2.05, 4.69) is 24.6 Å². The predicted molar refractivity (Wildman–Crippen MR) is 103 cm³/mol. The lowest BCUT2D eigenvalue weighted by Crippen LogP contribution is -2.32. The van der Waals surface area contributed by atoms with Gasteiger partial charge < -0.3 is 9.64 Å². The van der Waals surface area contributed by atoms with Crippen LogP contribution >= 0.6 is 11.6 Å². The van der Waals surface area contributed by atoms with E-state index in [0.29, 0.717) is 22.4 Å². The molecule has 1 aromatic carbocycles. The molecule has 0 unspecified atom stereocenters. The summed E-state index contributed by atoms with van der Waals surface area (Å²) in [6.07, 6.45) is 3.33. The highest BCUT2D eigenvalue weighted by Crippen LogP contribution is 2.21. The molecule has 1 aromatic heterocycles. The van der Waals surface area contributed by atoms with Gasteiger partial charge >= 0.3 is 6.01 Å². The van der Waals surface area contributed by atoms with Crippen LogP contribution in [0.25, 0.3) is 0 Å². The van der Waals surface area contributed by atoms with E-state index in [4.69, 9.17) is 16.3 Å². The van der Waals surface area contributed by atoms with E-state index in [9.17, 15) is 8.42 Å². The van der Waals surface area contributed by atoms with E-state index in [1.54, 1.807) is 19.1 Å². The maximum atomic E-state index is 12.6. The molecule has 1 N–H and O–H groups in total. The molecular formula is C17H22ClN5O3S. The molecule has 1 aliphatic heterocycles. The lowest BCUT2D eigenvalue weighted by Gasteiger charge is -2.26. The van der Waals surface area contributed by atoms with Crippen molar-refractivity contribution in [1.29, 1.82) is 0 Å². The number of benzene rings is 1. The summed E-state index contributed by atoms with van der Waals surface area (Å²) in [5, 5.41) is 0.357. The summed E-state index contributed by atoms with van der Waals surface area (Å²) in [6.45, 7) is 3.36. The standard InChI is InChI=1S/C17H22ClN5O3S/c1-12-6-7-13(18)10-14(12)27(24,25)19-11-15-20-16(22-17(21-15)26-2)23-8-4-3-5-9-23/h6-7,10,19H,3-5,8-9,11H2,1-2H3. The van der Waals surface area contributed by atoms with Gasteiger partial charge in [0.05, 0.1) is 18.6 Å². The van der Waals surface area contributed by atoms with Crippen molar-refractivity contribution < 1.29 is 13.2 Å². The molecule has 0 aliphatic carbocycles. The largest absolute Gasteiger partial charge is 0.467 e. The highest BCUT2D eigenvalue weighted by molar-refractivity contribution is 7.89. The third kappa shape index (κ3) is 4.85. The van der Waals surface area contributed by atoms with E-state index < -0.39 is 10.0 Å². The summed E-state index contributed by atoms with van der Waals surface area (Å²) < 4.78 is 33.0. The molecule has 0 atom stereocenters. The average molecular weight is 412 g/mol. The Hall–Kier alpha value is -1.97. The number of nitrogens with one attached hydrogen (secondary N) is 1. The maximum Gasteiger partial charge on any atom is 0.321 e. The minimum atomic E-state index is -3.76. The Bertz CT molecular complexity index is 917. The van der Waals surface area contributed by atoms with Crippen molar-refractivity contribution in [3.05, 3.63) is 34.6 Å². The molecule has 8 nitrogen and oxygen atoms in total. The molecule has 2 heterocycles. The highest BCUT2D eigenvalue weighted by atomic mass is 35.5.